The lowest BCUT2D eigenvalue weighted by Gasteiger charge is -2.12. The van der Waals surface area contributed by atoms with Crippen LogP contribution in [0.25, 0.3) is 44.0 Å². The van der Waals surface area contributed by atoms with Crippen molar-refractivity contribution in [1.82, 2.24) is 4.98 Å². The van der Waals surface area contributed by atoms with E-state index in [-0.39, 0.29) is 0 Å². The zero-order valence-corrected chi connectivity index (χ0v) is 18.1. The number of benzene rings is 3. The molecule has 0 radical (unpaired) electrons. The van der Waals surface area contributed by atoms with Crippen LogP contribution in [0.15, 0.2) is 71.3 Å². The molecule has 0 unspecified atom stereocenters. The van der Waals surface area contributed by atoms with E-state index in [0.717, 1.165) is 34.2 Å². The average molecular weight is 394 g/mol. The molecule has 5 aromatic rings. The van der Waals surface area contributed by atoms with Gasteiger partial charge in [0.1, 0.15) is 11.2 Å². The molecule has 150 valence electrons. The first-order valence-corrected chi connectivity index (χ1v) is 10.8. The number of hydrogen-bond acceptors (Lipinski definition) is 2. The molecule has 2 nitrogen and oxygen atoms in total. The standard InChI is InChI=1S/C28H27NO/c1-17(2)13-19-9-10-22-20(14-19)11-12-29-27(22)25-16-21(18(3)4)15-24-23-7-5-6-8-26(23)30-28(24)25/h5-12,14-18H,13H2,1-4H3. The molecule has 0 saturated carbocycles. The third-order valence-electron chi connectivity index (χ3n) is 5.90. The second-order valence-corrected chi connectivity index (χ2v) is 9.01. The summed E-state index contributed by atoms with van der Waals surface area (Å²) in [5.74, 6) is 1.07. The van der Waals surface area contributed by atoms with Gasteiger partial charge in [-0.05, 0) is 59.0 Å². The Morgan fingerprint density at radius 1 is 0.833 bits per heavy atom. The number of hydrogen-bond donors (Lipinski definition) is 0. The predicted molar refractivity (Wildman–Crippen MR) is 127 cm³/mol. The Morgan fingerprint density at radius 2 is 1.67 bits per heavy atom. The minimum atomic E-state index is 0.425. The SMILES string of the molecule is CC(C)Cc1ccc2c(-c3cc(C(C)C)cc4c3oc3ccccc34)nccc2c1. The van der Waals surface area contributed by atoms with Crippen LogP contribution in [-0.4, -0.2) is 4.98 Å². The van der Waals surface area contributed by atoms with Crippen molar-refractivity contribution in [3.8, 4) is 11.3 Å². The Labute approximate surface area is 177 Å². The molecular formula is C28H27NO. The summed E-state index contributed by atoms with van der Waals surface area (Å²) in [6, 6.07) is 21.7. The number of fused-ring (bicyclic) bond motifs is 4. The fraction of sp³-hybridized carbons (Fsp3) is 0.250. The van der Waals surface area contributed by atoms with Crippen LogP contribution in [0.2, 0.25) is 0 Å². The molecule has 0 atom stereocenters. The molecule has 5 rings (SSSR count). The molecule has 0 spiro atoms. The van der Waals surface area contributed by atoms with E-state index in [1.54, 1.807) is 0 Å². The molecule has 0 fully saturated rings. The number of aromatic nitrogens is 1. The highest BCUT2D eigenvalue weighted by molar-refractivity contribution is 6.11. The maximum atomic E-state index is 6.36. The lowest BCUT2D eigenvalue weighted by atomic mass is 9.93. The van der Waals surface area contributed by atoms with E-state index in [1.165, 1.54) is 27.3 Å². The first kappa shape index (κ1) is 18.9. The van der Waals surface area contributed by atoms with Crippen molar-refractivity contribution >= 4 is 32.7 Å². The van der Waals surface area contributed by atoms with Crippen molar-refractivity contribution in [2.75, 3.05) is 0 Å². The van der Waals surface area contributed by atoms with Crippen LogP contribution in [-0.2, 0) is 6.42 Å². The maximum Gasteiger partial charge on any atom is 0.144 e. The van der Waals surface area contributed by atoms with E-state index >= 15 is 0 Å². The van der Waals surface area contributed by atoms with E-state index in [2.05, 4.69) is 76.2 Å². The molecule has 3 aromatic carbocycles. The van der Waals surface area contributed by atoms with Gasteiger partial charge < -0.3 is 4.42 Å². The van der Waals surface area contributed by atoms with Crippen LogP contribution >= 0.6 is 0 Å². The first-order chi connectivity index (χ1) is 14.5. The number of rotatable bonds is 4. The summed E-state index contributed by atoms with van der Waals surface area (Å²) in [5.41, 5.74) is 6.60. The fourth-order valence-electron chi connectivity index (χ4n) is 4.40. The molecule has 0 aliphatic carbocycles. The minimum Gasteiger partial charge on any atom is -0.455 e. The van der Waals surface area contributed by atoms with E-state index in [1.807, 2.05) is 18.3 Å². The van der Waals surface area contributed by atoms with Crippen LogP contribution in [0.4, 0.5) is 0 Å². The lowest BCUT2D eigenvalue weighted by Crippen LogP contribution is -1.95. The van der Waals surface area contributed by atoms with Crippen molar-refractivity contribution in [1.29, 1.82) is 0 Å². The highest BCUT2D eigenvalue weighted by Crippen LogP contribution is 2.39. The summed E-state index contributed by atoms with van der Waals surface area (Å²) < 4.78 is 6.36. The quantitative estimate of drug-likeness (QED) is 0.308. The maximum absolute atomic E-state index is 6.36. The van der Waals surface area contributed by atoms with E-state index < -0.39 is 0 Å². The van der Waals surface area contributed by atoms with Crippen LogP contribution in [0.1, 0.15) is 44.7 Å². The Balaban J connectivity index is 1.81. The Hall–Kier alpha value is -3.13. The van der Waals surface area contributed by atoms with Crippen LogP contribution in [0, 0.1) is 5.92 Å². The Kier molecular flexibility index (Phi) is 4.58. The van der Waals surface area contributed by atoms with Gasteiger partial charge in [0.05, 0.1) is 5.69 Å². The van der Waals surface area contributed by atoms with Gasteiger partial charge in [-0.25, -0.2) is 0 Å². The van der Waals surface area contributed by atoms with Crippen LogP contribution < -0.4 is 0 Å². The van der Waals surface area contributed by atoms with E-state index in [9.17, 15) is 0 Å². The molecular weight excluding hydrogens is 366 g/mol. The highest BCUT2D eigenvalue weighted by atomic mass is 16.3. The second kappa shape index (κ2) is 7.28. The summed E-state index contributed by atoms with van der Waals surface area (Å²) in [7, 11) is 0. The Bertz CT molecular complexity index is 1370. The Morgan fingerprint density at radius 3 is 2.47 bits per heavy atom. The molecule has 0 aliphatic rings. The normalized spacial score (nSPS) is 12.1. The minimum absolute atomic E-state index is 0.425. The molecule has 0 bridgehead atoms. The van der Waals surface area contributed by atoms with Crippen molar-refractivity contribution in [3.63, 3.8) is 0 Å². The van der Waals surface area contributed by atoms with Gasteiger partial charge in [0, 0.05) is 27.9 Å². The molecule has 2 heterocycles. The monoisotopic (exact) mass is 393 g/mol. The van der Waals surface area contributed by atoms with Gasteiger partial charge in [-0.3, -0.25) is 4.98 Å². The summed E-state index contributed by atoms with van der Waals surface area (Å²) in [6.45, 7) is 9.00. The number of pyridine rings is 1. The van der Waals surface area contributed by atoms with Gasteiger partial charge in [0.25, 0.3) is 0 Å². The van der Waals surface area contributed by atoms with Crippen molar-refractivity contribution < 1.29 is 4.42 Å². The molecule has 0 saturated heterocycles. The molecule has 0 N–H and O–H groups in total. The average Bonchev–Trinajstić information content (AvgIpc) is 3.11. The largest absolute Gasteiger partial charge is 0.455 e. The smallest absolute Gasteiger partial charge is 0.144 e. The lowest BCUT2D eigenvalue weighted by molar-refractivity contribution is 0.648. The number of nitrogens with zero attached hydrogens (tertiary/aromatic N) is 1. The molecule has 30 heavy (non-hydrogen) atoms. The van der Waals surface area contributed by atoms with Crippen LogP contribution in [0.5, 0.6) is 0 Å². The predicted octanol–water partition coefficient (Wildman–Crippen LogP) is 8.12. The summed E-state index contributed by atoms with van der Waals surface area (Å²) >= 11 is 0. The van der Waals surface area contributed by atoms with Crippen molar-refractivity contribution in [2.24, 2.45) is 5.92 Å². The molecule has 2 aromatic heterocycles. The van der Waals surface area contributed by atoms with Gasteiger partial charge in [0.2, 0.25) is 0 Å². The second-order valence-electron chi connectivity index (χ2n) is 9.01. The number of furan rings is 1. The molecule has 2 heteroatoms. The van der Waals surface area contributed by atoms with Crippen molar-refractivity contribution in [2.45, 2.75) is 40.0 Å². The summed E-state index contributed by atoms with van der Waals surface area (Å²) in [6.07, 6.45) is 3.01. The summed E-state index contributed by atoms with van der Waals surface area (Å²) in [5, 5.41) is 4.74. The third kappa shape index (κ3) is 3.17. The molecule has 0 aliphatic heterocycles. The topological polar surface area (TPSA) is 26.0 Å². The highest BCUT2D eigenvalue weighted by Gasteiger charge is 2.18. The third-order valence-corrected chi connectivity index (χ3v) is 5.90. The van der Waals surface area contributed by atoms with E-state index in [0.29, 0.717) is 11.8 Å². The van der Waals surface area contributed by atoms with Crippen LogP contribution in [0.3, 0.4) is 0 Å². The molecule has 0 amide bonds. The first-order valence-electron chi connectivity index (χ1n) is 10.8. The van der Waals surface area contributed by atoms with Gasteiger partial charge in [-0.1, -0.05) is 64.1 Å². The number of para-hydroxylation sites is 1. The zero-order chi connectivity index (χ0) is 20.8. The van der Waals surface area contributed by atoms with E-state index in [4.69, 9.17) is 9.40 Å². The van der Waals surface area contributed by atoms with Gasteiger partial charge in [-0.2, -0.15) is 0 Å². The fourth-order valence-corrected chi connectivity index (χ4v) is 4.40. The van der Waals surface area contributed by atoms with Crippen molar-refractivity contribution in [3.05, 3.63) is 78.0 Å². The van der Waals surface area contributed by atoms with Gasteiger partial charge in [0.15, 0.2) is 0 Å². The summed E-state index contributed by atoms with van der Waals surface area (Å²) in [4.78, 5) is 4.83. The zero-order valence-electron chi connectivity index (χ0n) is 18.1. The van der Waals surface area contributed by atoms with Gasteiger partial charge >= 0.3 is 0 Å². The van der Waals surface area contributed by atoms with Gasteiger partial charge in [-0.15, -0.1) is 0 Å².